The van der Waals surface area contributed by atoms with Crippen LogP contribution in [-0.4, -0.2) is 23.0 Å². The van der Waals surface area contributed by atoms with E-state index in [0.29, 0.717) is 6.42 Å². The molecular formula is C15H16N2O4S. The number of methoxy groups -OCH3 is 1. The first-order chi connectivity index (χ1) is 10.3. The molecule has 0 saturated carbocycles. The molecule has 2 rings (SSSR count). The van der Waals surface area contributed by atoms with E-state index in [9.17, 15) is 14.9 Å². The number of hydrogen-bond donors (Lipinski definition) is 0. The average Bonchev–Trinajstić information content (AvgIpc) is 2.94. The standard InChI is InChI=1S/C15H16N2O4S/c1-15(2,14(18)21-3)8-13-16-9-12(22-13)10-4-6-11(7-5-10)17(19)20/h4-7,9H,8H2,1-3H3. The molecular weight excluding hydrogens is 304 g/mol. The summed E-state index contributed by atoms with van der Waals surface area (Å²) >= 11 is 1.47. The number of esters is 1. The number of nitro benzene ring substituents is 1. The van der Waals surface area contributed by atoms with Crippen LogP contribution in [0, 0.1) is 15.5 Å². The SMILES string of the molecule is COC(=O)C(C)(C)Cc1ncc(-c2ccc([N+](=O)[O-])cc2)s1. The minimum absolute atomic E-state index is 0.0558. The van der Waals surface area contributed by atoms with Crippen molar-refractivity contribution in [2.45, 2.75) is 20.3 Å². The first-order valence-corrected chi connectivity index (χ1v) is 7.43. The predicted molar refractivity (Wildman–Crippen MR) is 83.7 cm³/mol. The van der Waals surface area contributed by atoms with Gasteiger partial charge in [0.1, 0.15) is 0 Å². The van der Waals surface area contributed by atoms with Crippen molar-refractivity contribution in [2.24, 2.45) is 5.41 Å². The Morgan fingerprint density at radius 2 is 2.00 bits per heavy atom. The third-order valence-electron chi connectivity index (χ3n) is 3.25. The second-order valence-corrected chi connectivity index (χ2v) is 6.59. The minimum atomic E-state index is -0.640. The lowest BCUT2D eigenvalue weighted by Gasteiger charge is -2.19. The summed E-state index contributed by atoms with van der Waals surface area (Å²) < 4.78 is 4.79. The van der Waals surface area contributed by atoms with E-state index in [2.05, 4.69) is 4.98 Å². The second kappa shape index (κ2) is 6.23. The lowest BCUT2D eigenvalue weighted by Crippen LogP contribution is -2.27. The van der Waals surface area contributed by atoms with Crippen molar-refractivity contribution in [3.05, 3.63) is 45.6 Å². The number of nitro groups is 1. The summed E-state index contributed by atoms with van der Waals surface area (Å²) in [5.41, 5.74) is 0.282. The van der Waals surface area contributed by atoms with Gasteiger partial charge >= 0.3 is 5.97 Å². The molecule has 0 N–H and O–H groups in total. The molecule has 0 saturated heterocycles. The van der Waals surface area contributed by atoms with Crippen molar-refractivity contribution in [3.63, 3.8) is 0 Å². The highest BCUT2D eigenvalue weighted by Crippen LogP contribution is 2.31. The largest absolute Gasteiger partial charge is 0.469 e. The summed E-state index contributed by atoms with van der Waals surface area (Å²) in [5, 5.41) is 11.5. The van der Waals surface area contributed by atoms with Crippen molar-refractivity contribution in [1.82, 2.24) is 4.98 Å². The molecule has 0 aliphatic heterocycles. The number of aromatic nitrogens is 1. The Bertz CT molecular complexity index is 692. The molecule has 0 aliphatic rings. The molecule has 0 bridgehead atoms. The highest BCUT2D eigenvalue weighted by atomic mass is 32.1. The van der Waals surface area contributed by atoms with Crippen LogP contribution in [0.4, 0.5) is 5.69 Å². The zero-order valence-corrected chi connectivity index (χ0v) is 13.3. The van der Waals surface area contributed by atoms with Crippen LogP contribution < -0.4 is 0 Å². The normalized spacial score (nSPS) is 11.2. The lowest BCUT2D eigenvalue weighted by atomic mass is 9.90. The Morgan fingerprint density at radius 1 is 1.36 bits per heavy atom. The Morgan fingerprint density at radius 3 is 2.55 bits per heavy atom. The maximum absolute atomic E-state index is 11.7. The molecule has 0 fully saturated rings. The second-order valence-electron chi connectivity index (χ2n) is 5.47. The van der Waals surface area contributed by atoms with Gasteiger partial charge < -0.3 is 4.74 Å². The third-order valence-corrected chi connectivity index (χ3v) is 4.29. The molecule has 0 radical (unpaired) electrons. The smallest absolute Gasteiger partial charge is 0.311 e. The Hall–Kier alpha value is -2.28. The Labute approximate surface area is 131 Å². The molecule has 7 heteroatoms. The van der Waals surface area contributed by atoms with Gasteiger partial charge in [-0.1, -0.05) is 0 Å². The number of nitrogens with zero attached hydrogens (tertiary/aromatic N) is 2. The van der Waals surface area contributed by atoms with Gasteiger partial charge in [0.2, 0.25) is 0 Å². The van der Waals surface area contributed by atoms with Crippen LogP contribution >= 0.6 is 11.3 Å². The fourth-order valence-electron chi connectivity index (χ4n) is 2.00. The quantitative estimate of drug-likeness (QED) is 0.478. The number of benzene rings is 1. The number of thiazole rings is 1. The van der Waals surface area contributed by atoms with Crippen molar-refractivity contribution >= 4 is 23.0 Å². The van der Waals surface area contributed by atoms with Gasteiger partial charge in [0.15, 0.2) is 0 Å². The summed E-state index contributed by atoms with van der Waals surface area (Å²) in [6, 6.07) is 6.32. The van der Waals surface area contributed by atoms with E-state index in [1.165, 1.54) is 30.6 Å². The molecule has 6 nitrogen and oxygen atoms in total. The van der Waals surface area contributed by atoms with Crippen molar-refractivity contribution in [2.75, 3.05) is 7.11 Å². The number of rotatable bonds is 5. The summed E-state index contributed by atoms with van der Waals surface area (Å²) in [7, 11) is 1.37. The van der Waals surface area contributed by atoms with Crippen molar-refractivity contribution in [3.8, 4) is 10.4 Å². The highest BCUT2D eigenvalue weighted by molar-refractivity contribution is 7.15. The van der Waals surface area contributed by atoms with Crippen LogP contribution in [0.5, 0.6) is 0 Å². The van der Waals surface area contributed by atoms with E-state index in [0.717, 1.165) is 15.4 Å². The van der Waals surface area contributed by atoms with Gasteiger partial charge in [-0.2, -0.15) is 0 Å². The lowest BCUT2D eigenvalue weighted by molar-refractivity contribution is -0.384. The zero-order valence-electron chi connectivity index (χ0n) is 12.5. The third kappa shape index (κ3) is 3.48. The predicted octanol–water partition coefficient (Wildman–Crippen LogP) is 3.46. The topological polar surface area (TPSA) is 82.3 Å². The zero-order chi connectivity index (χ0) is 16.3. The summed E-state index contributed by atoms with van der Waals surface area (Å²) in [6.45, 7) is 3.62. The van der Waals surface area contributed by atoms with Crippen LogP contribution in [0.1, 0.15) is 18.9 Å². The van der Waals surface area contributed by atoms with Crippen molar-refractivity contribution in [1.29, 1.82) is 0 Å². The maximum atomic E-state index is 11.7. The van der Waals surface area contributed by atoms with Crippen LogP contribution in [0.15, 0.2) is 30.5 Å². The molecule has 0 unspecified atom stereocenters. The van der Waals surface area contributed by atoms with E-state index >= 15 is 0 Å². The van der Waals surface area contributed by atoms with Gasteiger partial charge in [-0.3, -0.25) is 14.9 Å². The summed E-state index contributed by atoms with van der Waals surface area (Å²) in [6.07, 6.45) is 2.20. The molecule has 0 spiro atoms. The van der Waals surface area contributed by atoms with Gasteiger partial charge in [-0.15, -0.1) is 11.3 Å². The molecule has 116 valence electrons. The van der Waals surface area contributed by atoms with Crippen LogP contribution in [0.25, 0.3) is 10.4 Å². The molecule has 0 aliphatic carbocycles. The van der Waals surface area contributed by atoms with Crippen LogP contribution in [-0.2, 0) is 16.0 Å². The molecule has 2 aromatic rings. The number of non-ortho nitro benzene ring substituents is 1. The summed E-state index contributed by atoms with van der Waals surface area (Å²) in [4.78, 5) is 27.2. The molecule has 1 aromatic heterocycles. The summed E-state index contributed by atoms with van der Waals surface area (Å²) in [5.74, 6) is -0.278. The first-order valence-electron chi connectivity index (χ1n) is 6.61. The van der Waals surface area contributed by atoms with E-state index in [1.807, 2.05) is 13.8 Å². The molecule has 22 heavy (non-hydrogen) atoms. The van der Waals surface area contributed by atoms with E-state index in [1.54, 1.807) is 18.3 Å². The Balaban J connectivity index is 2.18. The van der Waals surface area contributed by atoms with E-state index < -0.39 is 10.3 Å². The van der Waals surface area contributed by atoms with Crippen LogP contribution in [0.3, 0.4) is 0 Å². The molecule has 0 atom stereocenters. The van der Waals surface area contributed by atoms with E-state index in [4.69, 9.17) is 4.74 Å². The number of carbonyl (C=O) groups excluding carboxylic acids is 1. The Kier molecular flexibility index (Phi) is 4.56. The minimum Gasteiger partial charge on any atom is -0.469 e. The molecule has 1 aromatic carbocycles. The van der Waals surface area contributed by atoms with Crippen LogP contribution in [0.2, 0.25) is 0 Å². The molecule has 0 amide bonds. The van der Waals surface area contributed by atoms with Gasteiger partial charge in [0.25, 0.3) is 5.69 Å². The number of hydrogen-bond acceptors (Lipinski definition) is 6. The van der Waals surface area contributed by atoms with Gasteiger partial charge in [0, 0.05) is 24.8 Å². The fraction of sp³-hybridized carbons (Fsp3) is 0.333. The monoisotopic (exact) mass is 320 g/mol. The molecule has 1 heterocycles. The van der Waals surface area contributed by atoms with Crippen molar-refractivity contribution < 1.29 is 14.5 Å². The first kappa shape index (κ1) is 16.1. The van der Waals surface area contributed by atoms with Gasteiger partial charge in [-0.05, 0) is 31.5 Å². The maximum Gasteiger partial charge on any atom is 0.311 e. The number of ether oxygens (including phenoxy) is 1. The number of carbonyl (C=O) groups is 1. The van der Waals surface area contributed by atoms with Gasteiger partial charge in [0.05, 0.1) is 27.3 Å². The fourth-order valence-corrected chi connectivity index (χ4v) is 3.15. The van der Waals surface area contributed by atoms with Gasteiger partial charge in [-0.25, -0.2) is 4.98 Å². The average molecular weight is 320 g/mol. The van der Waals surface area contributed by atoms with E-state index in [-0.39, 0.29) is 11.7 Å². The highest BCUT2D eigenvalue weighted by Gasteiger charge is 2.30.